The van der Waals surface area contributed by atoms with E-state index in [0.29, 0.717) is 6.61 Å². The fourth-order valence-electron chi connectivity index (χ4n) is 7.14. The summed E-state index contributed by atoms with van der Waals surface area (Å²) in [6.45, 7) is 6.07. The van der Waals surface area contributed by atoms with Gasteiger partial charge < -0.3 is 25.6 Å². The Hall–Kier alpha value is -2.38. The standard InChI is InChI=1S/C26H35N5O2/c32-25(30-26-15-18-13-19(16-26)20(14-18)17-26)29-22-4-5-23(24-21(22)3-1-6-28-24)33-12-2-9-31-10-7-27-8-11-31/h1,3-6,18-20,27H,2,7-17H2,(H2,29,30,32). The summed E-state index contributed by atoms with van der Waals surface area (Å²) < 4.78 is 6.11. The van der Waals surface area contributed by atoms with Crippen LogP contribution in [0.5, 0.6) is 5.75 Å². The third kappa shape index (κ3) is 4.28. The Morgan fingerprint density at radius 1 is 1.15 bits per heavy atom. The first-order valence-electron chi connectivity index (χ1n) is 12.7. The van der Waals surface area contributed by atoms with Gasteiger partial charge in [0, 0.05) is 49.8 Å². The summed E-state index contributed by atoms with van der Waals surface area (Å²) in [4.78, 5) is 20.0. The predicted molar refractivity (Wildman–Crippen MR) is 130 cm³/mol. The van der Waals surface area contributed by atoms with Crippen molar-refractivity contribution in [2.24, 2.45) is 17.8 Å². The van der Waals surface area contributed by atoms with Gasteiger partial charge in [-0.1, -0.05) is 0 Å². The lowest BCUT2D eigenvalue weighted by molar-refractivity contribution is 0.184. The zero-order valence-electron chi connectivity index (χ0n) is 19.3. The van der Waals surface area contributed by atoms with Crippen LogP contribution in [-0.2, 0) is 0 Å². The number of hydrogen-bond donors (Lipinski definition) is 3. The van der Waals surface area contributed by atoms with Crippen molar-refractivity contribution in [1.29, 1.82) is 0 Å². The van der Waals surface area contributed by atoms with Crippen LogP contribution in [-0.4, -0.2) is 60.8 Å². The van der Waals surface area contributed by atoms with Crippen molar-refractivity contribution in [1.82, 2.24) is 20.5 Å². The predicted octanol–water partition coefficient (Wildman–Crippen LogP) is 3.61. The minimum absolute atomic E-state index is 0.0160. The molecule has 0 radical (unpaired) electrons. The van der Waals surface area contributed by atoms with E-state index in [-0.39, 0.29) is 11.6 Å². The maximum atomic E-state index is 13.0. The van der Waals surface area contributed by atoms with Gasteiger partial charge in [-0.15, -0.1) is 0 Å². The molecule has 1 aliphatic heterocycles. The first-order valence-corrected chi connectivity index (χ1v) is 12.7. The number of amides is 2. The number of nitrogens with zero attached hydrogens (tertiary/aromatic N) is 2. The van der Waals surface area contributed by atoms with E-state index >= 15 is 0 Å². The molecule has 2 aromatic rings. The average molecular weight is 450 g/mol. The van der Waals surface area contributed by atoms with Gasteiger partial charge in [-0.2, -0.15) is 0 Å². The van der Waals surface area contributed by atoms with Crippen molar-refractivity contribution >= 4 is 22.6 Å². The van der Waals surface area contributed by atoms with Crippen LogP contribution in [0.3, 0.4) is 0 Å². The normalized spacial score (nSPS) is 30.6. The molecule has 2 unspecified atom stereocenters. The molecule has 2 atom stereocenters. The monoisotopic (exact) mass is 449 g/mol. The molecular weight excluding hydrogens is 414 g/mol. The maximum absolute atomic E-state index is 13.0. The molecule has 3 N–H and O–H groups in total. The fourth-order valence-corrected chi connectivity index (χ4v) is 7.14. The Morgan fingerprint density at radius 3 is 2.76 bits per heavy atom. The van der Waals surface area contributed by atoms with Crippen molar-refractivity contribution in [2.75, 3.05) is 44.6 Å². The molecule has 4 bridgehead atoms. The van der Waals surface area contributed by atoms with Gasteiger partial charge in [0.05, 0.1) is 12.3 Å². The SMILES string of the molecule is O=C(Nc1ccc(OCCCN2CCNCC2)c2ncccc12)NC12CC3CC(C1)C(C3)C2. The lowest BCUT2D eigenvalue weighted by atomic mass is 9.76. The van der Waals surface area contributed by atoms with Gasteiger partial charge in [0.1, 0.15) is 11.3 Å². The molecule has 1 aromatic heterocycles. The zero-order valence-corrected chi connectivity index (χ0v) is 19.3. The van der Waals surface area contributed by atoms with Crippen molar-refractivity contribution in [3.63, 3.8) is 0 Å². The number of nitrogens with one attached hydrogen (secondary N) is 3. The molecule has 7 heteroatoms. The van der Waals surface area contributed by atoms with Crippen LogP contribution in [0.2, 0.25) is 0 Å². The highest BCUT2D eigenvalue weighted by Crippen LogP contribution is 2.59. The van der Waals surface area contributed by atoms with Gasteiger partial charge >= 0.3 is 6.03 Å². The summed E-state index contributed by atoms with van der Waals surface area (Å²) in [6.07, 6.45) is 8.99. The van der Waals surface area contributed by atoms with E-state index in [1.54, 1.807) is 6.20 Å². The second-order valence-electron chi connectivity index (χ2n) is 10.6. The lowest BCUT2D eigenvalue weighted by Gasteiger charge is -2.39. The number of fused-ring (bicyclic) bond motifs is 1. The number of benzene rings is 1. The number of ether oxygens (including phenoxy) is 1. The second-order valence-corrected chi connectivity index (χ2v) is 10.6. The Balaban J connectivity index is 1.09. The molecule has 1 saturated heterocycles. The molecule has 5 fully saturated rings. The molecule has 176 valence electrons. The summed E-state index contributed by atoms with van der Waals surface area (Å²) in [7, 11) is 0. The molecule has 2 heterocycles. The molecule has 4 aliphatic carbocycles. The minimum Gasteiger partial charge on any atom is -0.491 e. The van der Waals surface area contributed by atoms with Gasteiger partial charge in [-0.05, 0) is 80.5 Å². The maximum Gasteiger partial charge on any atom is 0.319 e. The Bertz CT molecular complexity index is 1000. The number of rotatable bonds is 7. The van der Waals surface area contributed by atoms with Gasteiger partial charge in [0.2, 0.25) is 0 Å². The van der Waals surface area contributed by atoms with Gasteiger partial charge in [-0.3, -0.25) is 4.98 Å². The molecule has 5 aliphatic rings. The van der Waals surface area contributed by atoms with Crippen LogP contribution in [0, 0.1) is 17.8 Å². The van der Waals surface area contributed by atoms with Crippen LogP contribution >= 0.6 is 0 Å². The highest BCUT2D eigenvalue weighted by Gasteiger charge is 2.56. The minimum atomic E-state index is -0.0909. The van der Waals surface area contributed by atoms with Gasteiger partial charge in [-0.25, -0.2) is 4.79 Å². The molecule has 1 aromatic carbocycles. The molecule has 2 amide bonds. The Morgan fingerprint density at radius 2 is 1.97 bits per heavy atom. The average Bonchev–Trinajstić information content (AvgIpc) is 3.24. The van der Waals surface area contributed by atoms with Crippen molar-refractivity contribution in [2.45, 2.75) is 44.1 Å². The van der Waals surface area contributed by atoms with E-state index in [1.165, 1.54) is 12.8 Å². The Labute approximate surface area is 195 Å². The van der Waals surface area contributed by atoms with Crippen LogP contribution in [0.15, 0.2) is 30.5 Å². The van der Waals surface area contributed by atoms with Crippen molar-refractivity contribution < 1.29 is 9.53 Å². The largest absolute Gasteiger partial charge is 0.491 e. The lowest BCUT2D eigenvalue weighted by Crippen LogP contribution is -2.51. The topological polar surface area (TPSA) is 78.5 Å². The van der Waals surface area contributed by atoms with Gasteiger partial charge in [0.25, 0.3) is 0 Å². The molecule has 4 saturated carbocycles. The van der Waals surface area contributed by atoms with Crippen molar-refractivity contribution in [3.05, 3.63) is 30.5 Å². The first kappa shape index (κ1) is 21.2. The van der Waals surface area contributed by atoms with E-state index in [9.17, 15) is 4.79 Å². The molecule has 0 spiro atoms. The third-order valence-corrected chi connectivity index (χ3v) is 8.37. The number of piperazine rings is 1. The summed E-state index contributed by atoms with van der Waals surface area (Å²) >= 11 is 0. The van der Waals surface area contributed by atoms with Gasteiger partial charge in [0.15, 0.2) is 0 Å². The number of aromatic nitrogens is 1. The highest BCUT2D eigenvalue weighted by molar-refractivity contribution is 6.02. The quantitative estimate of drug-likeness (QED) is 0.563. The summed E-state index contributed by atoms with van der Waals surface area (Å²) in [5.74, 6) is 3.26. The highest BCUT2D eigenvalue weighted by atomic mass is 16.5. The van der Waals surface area contributed by atoms with E-state index < -0.39 is 0 Å². The van der Waals surface area contributed by atoms with E-state index in [0.717, 1.165) is 98.5 Å². The summed E-state index contributed by atoms with van der Waals surface area (Å²) in [6, 6.07) is 7.71. The number of pyridine rings is 1. The van der Waals surface area contributed by atoms with Crippen molar-refractivity contribution in [3.8, 4) is 5.75 Å². The van der Waals surface area contributed by atoms with E-state index in [1.807, 2.05) is 24.3 Å². The van der Waals surface area contributed by atoms with Crippen LogP contribution < -0.4 is 20.7 Å². The summed E-state index contributed by atoms with van der Waals surface area (Å²) in [5.41, 5.74) is 1.61. The zero-order chi connectivity index (χ0) is 22.3. The molecular formula is C26H35N5O2. The fraction of sp³-hybridized carbons (Fsp3) is 0.615. The third-order valence-electron chi connectivity index (χ3n) is 8.37. The molecule has 33 heavy (non-hydrogen) atoms. The second kappa shape index (κ2) is 8.76. The van der Waals surface area contributed by atoms with Crippen LogP contribution in [0.25, 0.3) is 10.9 Å². The number of carbonyl (C=O) groups is 1. The number of hydrogen-bond acceptors (Lipinski definition) is 5. The smallest absolute Gasteiger partial charge is 0.319 e. The van der Waals surface area contributed by atoms with E-state index in [2.05, 4.69) is 25.8 Å². The first-order chi connectivity index (χ1) is 16.2. The van der Waals surface area contributed by atoms with E-state index in [4.69, 9.17) is 4.74 Å². The molecule has 7 rings (SSSR count). The van der Waals surface area contributed by atoms with Crippen LogP contribution in [0.4, 0.5) is 10.5 Å². The summed E-state index contributed by atoms with van der Waals surface area (Å²) in [5, 5.41) is 10.8. The molecule has 7 nitrogen and oxygen atoms in total. The number of anilines is 1. The number of carbonyl (C=O) groups excluding carboxylic acids is 1. The van der Waals surface area contributed by atoms with Crippen LogP contribution in [0.1, 0.15) is 38.5 Å². The Kier molecular flexibility index (Phi) is 5.62. The number of urea groups is 1.